The van der Waals surface area contributed by atoms with Crippen LogP contribution in [0.4, 0.5) is 4.79 Å². The second-order valence-electron chi connectivity index (χ2n) is 6.78. The van der Waals surface area contributed by atoms with Crippen molar-refractivity contribution in [3.8, 4) is 0 Å². The fraction of sp³-hybridized carbons (Fsp3) is 0.227. The molecule has 3 rings (SSSR count). The monoisotopic (exact) mass is 408 g/mol. The molecule has 30 heavy (non-hydrogen) atoms. The van der Waals surface area contributed by atoms with Crippen molar-refractivity contribution >= 4 is 28.8 Å². The molecule has 3 aromatic rings. The van der Waals surface area contributed by atoms with E-state index in [1.54, 1.807) is 12.1 Å². The highest BCUT2D eigenvalue weighted by Gasteiger charge is 2.10. The van der Waals surface area contributed by atoms with Crippen LogP contribution in [0.15, 0.2) is 54.7 Å². The molecule has 0 spiro atoms. The molecule has 0 unspecified atom stereocenters. The number of aromatic amines is 1. The SMILES string of the molecule is NC(=O)CCNC(=O)c1ccc2[nH]cc(CCNC(=O)OCc3ccccc3)c2c1. The van der Waals surface area contributed by atoms with Crippen molar-refractivity contribution in [3.63, 3.8) is 0 Å². The smallest absolute Gasteiger partial charge is 0.407 e. The summed E-state index contributed by atoms with van der Waals surface area (Å²) in [7, 11) is 0. The first kappa shape index (κ1) is 20.9. The molecule has 8 heteroatoms. The zero-order chi connectivity index (χ0) is 21.3. The van der Waals surface area contributed by atoms with E-state index >= 15 is 0 Å². The Labute approximate surface area is 173 Å². The van der Waals surface area contributed by atoms with Crippen molar-refractivity contribution in [3.05, 3.63) is 71.4 Å². The summed E-state index contributed by atoms with van der Waals surface area (Å²) in [5.41, 5.74) is 8.36. The van der Waals surface area contributed by atoms with Crippen molar-refractivity contribution in [2.24, 2.45) is 5.73 Å². The Morgan fingerprint density at radius 2 is 1.80 bits per heavy atom. The fourth-order valence-electron chi connectivity index (χ4n) is 3.00. The number of amides is 3. The van der Waals surface area contributed by atoms with Gasteiger partial charge in [-0.25, -0.2) is 4.79 Å². The number of fused-ring (bicyclic) bond motifs is 1. The first-order valence-corrected chi connectivity index (χ1v) is 9.64. The normalized spacial score (nSPS) is 10.5. The lowest BCUT2D eigenvalue weighted by molar-refractivity contribution is -0.117. The summed E-state index contributed by atoms with van der Waals surface area (Å²) in [4.78, 5) is 38.1. The van der Waals surface area contributed by atoms with Gasteiger partial charge >= 0.3 is 6.09 Å². The predicted molar refractivity (Wildman–Crippen MR) is 113 cm³/mol. The summed E-state index contributed by atoms with van der Waals surface area (Å²) in [6, 6.07) is 14.8. The average Bonchev–Trinajstić information content (AvgIpc) is 3.15. The van der Waals surface area contributed by atoms with Gasteiger partial charge in [0.05, 0.1) is 0 Å². The van der Waals surface area contributed by atoms with Crippen LogP contribution in [0.25, 0.3) is 10.9 Å². The Hall–Kier alpha value is -3.81. The number of carbonyl (C=O) groups is 3. The Kier molecular flexibility index (Phi) is 7.05. The van der Waals surface area contributed by atoms with Crippen molar-refractivity contribution in [1.82, 2.24) is 15.6 Å². The zero-order valence-corrected chi connectivity index (χ0v) is 16.4. The van der Waals surface area contributed by atoms with Crippen LogP contribution in [-0.4, -0.2) is 36.0 Å². The Bertz CT molecular complexity index is 1030. The minimum absolute atomic E-state index is 0.0927. The number of rotatable bonds is 9. The number of nitrogens with two attached hydrogens (primary N) is 1. The lowest BCUT2D eigenvalue weighted by Gasteiger charge is -2.07. The third-order valence-corrected chi connectivity index (χ3v) is 4.56. The number of hydrogen-bond donors (Lipinski definition) is 4. The van der Waals surface area contributed by atoms with Gasteiger partial charge in [0.1, 0.15) is 6.61 Å². The lowest BCUT2D eigenvalue weighted by atomic mass is 10.1. The summed E-state index contributed by atoms with van der Waals surface area (Å²) in [6.07, 6.45) is 2.05. The Morgan fingerprint density at radius 3 is 2.57 bits per heavy atom. The quantitative estimate of drug-likeness (QED) is 0.433. The van der Waals surface area contributed by atoms with Crippen LogP contribution in [0.2, 0.25) is 0 Å². The predicted octanol–water partition coefficient (Wildman–Crippen LogP) is 2.24. The van der Waals surface area contributed by atoms with E-state index in [1.165, 1.54) is 0 Å². The van der Waals surface area contributed by atoms with Gasteiger partial charge in [-0.05, 0) is 35.7 Å². The fourth-order valence-corrected chi connectivity index (χ4v) is 3.00. The van der Waals surface area contributed by atoms with Gasteiger partial charge < -0.3 is 26.1 Å². The molecule has 1 heterocycles. The number of primary amides is 1. The number of aromatic nitrogens is 1. The molecule has 0 fully saturated rings. The third kappa shape index (κ3) is 5.84. The van der Waals surface area contributed by atoms with Crippen LogP contribution in [0.3, 0.4) is 0 Å². The second-order valence-corrected chi connectivity index (χ2v) is 6.78. The number of H-pyrrole nitrogens is 1. The van der Waals surface area contributed by atoms with Crippen LogP contribution in [0, 0.1) is 0 Å². The molecule has 8 nitrogen and oxygen atoms in total. The van der Waals surface area contributed by atoms with Gasteiger partial charge in [-0.1, -0.05) is 30.3 Å². The van der Waals surface area contributed by atoms with Crippen LogP contribution < -0.4 is 16.4 Å². The molecule has 3 amide bonds. The summed E-state index contributed by atoms with van der Waals surface area (Å²) in [6.45, 7) is 0.810. The van der Waals surface area contributed by atoms with E-state index in [4.69, 9.17) is 10.5 Å². The van der Waals surface area contributed by atoms with Gasteiger partial charge in [-0.15, -0.1) is 0 Å². The molecule has 156 valence electrons. The van der Waals surface area contributed by atoms with E-state index in [9.17, 15) is 14.4 Å². The number of alkyl carbamates (subject to hydrolysis) is 1. The molecule has 0 bridgehead atoms. The molecule has 1 aromatic heterocycles. The summed E-state index contributed by atoms with van der Waals surface area (Å²) < 4.78 is 5.20. The maximum Gasteiger partial charge on any atom is 0.407 e. The van der Waals surface area contributed by atoms with Crippen LogP contribution in [0.1, 0.15) is 27.9 Å². The first-order valence-electron chi connectivity index (χ1n) is 9.64. The molecule has 0 saturated carbocycles. The lowest BCUT2D eigenvalue weighted by Crippen LogP contribution is -2.27. The van der Waals surface area contributed by atoms with Crippen LogP contribution >= 0.6 is 0 Å². The van der Waals surface area contributed by atoms with E-state index < -0.39 is 12.0 Å². The molecule has 0 atom stereocenters. The van der Waals surface area contributed by atoms with Crippen molar-refractivity contribution < 1.29 is 19.1 Å². The van der Waals surface area contributed by atoms with Crippen LogP contribution in [0.5, 0.6) is 0 Å². The van der Waals surface area contributed by atoms with Crippen molar-refractivity contribution in [2.45, 2.75) is 19.4 Å². The number of benzene rings is 2. The Balaban J connectivity index is 1.52. The van der Waals surface area contributed by atoms with Gasteiger partial charge in [0.15, 0.2) is 0 Å². The number of ether oxygens (including phenoxy) is 1. The molecular formula is C22H24N4O4. The largest absolute Gasteiger partial charge is 0.445 e. The van der Waals surface area contributed by atoms with E-state index in [0.717, 1.165) is 22.0 Å². The second kappa shape index (κ2) is 10.1. The zero-order valence-electron chi connectivity index (χ0n) is 16.4. The van der Waals surface area contributed by atoms with Gasteiger partial charge in [0.2, 0.25) is 5.91 Å². The maximum absolute atomic E-state index is 12.2. The standard InChI is InChI=1S/C22H24N4O4/c23-20(27)9-11-24-21(28)16-6-7-19-18(12-16)17(13-26-19)8-10-25-22(29)30-14-15-4-2-1-3-5-15/h1-7,12-13,26H,8-11,14H2,(H2,23,27)(H,24,28)(H,25,29). The molecular weight excluding hydrogens is 384 g/mol. The van der Waals surface area contributed by atoms with Crippen LogP contribution in [-0.2, 0) is 22.6 Å². The van der Waals surface area contributed by atoms with Gasteiger partial charge in [0, 0.05) is 42.2 Å². The first-order chi connectivity index (χ1) is 14.5. The maximum atomic E-state index is 12.2. The minimum Gasteiger partial charge on any atom is -0.445 e. The molecule has 0 aliphatic carbocycles. The average molecular weight is 408 g/mol. The molecule has 0 aliphatic heterocycles. The van der Waals surface area contributed by atoms with E-state index in [0.29, 0.717) is 18.5 Å². The molecule has 5 N–H and O–H groups in total. The van der Waals surface area contributed by atoms with Crippen molar-refractivity contribution in [1.29, 1.82) is 0 Å². The molecule has 0 saturated heterocycles. The van der Waals surface area contributed by atoms with Gasteiger partial charge in [-0.3, -0.25) is 9.59 Å². The van der Waals surface area contributed by atoms with Gasteiger partial charge in [0.25, 0.3) is 5.91 Å². The summed E-state index contributed by atoms with van der Waals surface area (Å²) in [5, 5.41) is 6.30. The molecule has 0 radical (unpaired) electrons. The Morgan fingerprint density at radius 1 is 1.00 bits per heavy atom. The summed E-state index contributed by atoms with van der Waals surface area (Å²) >= 11 is 0. The minimum atomic E-state index is -0.479. The van der Waals surface area contributed by atoms with Gasteiger partial charge in [-0.2, -0.15) is 0 Å². The van der Waals surface area contributed by atoms with E-state index in [-0.39, 0.29) is 25.5 Å². The number of carbonyl (C=O) groups excluding carboxylic acids is 3. The van der Waals surface area contributed by atoms with Crippen molar-refractivity contribution in [2.75, 3.05) is 13.1 Å². The highest BCUT2D eigenvalue weighted by atomic mass is 16.5. The summed E-state index contributed by atoms with van der Waals surface area (Å²) in [5.74, 6) is -0.735. The highest BCUT2D eigenvalue weighted by molar-refractivity contribution is 5.99. The number of hydrogen-bond acceptors (Lipinski definition) is 4. The molecule has 0 aliphatic rings. The highest BCUT2D eigenvalue weighted by Crippen LogP contribution is 2.20. The van der Waals surface area contributed by atoms with E-state index in [1.807, 2.05) is 42.6 Å². The topological polar surface area (TPSA) is 126 Å². The molecule has 2 aromatic carbocycles. The number of nitrogens with one attached hydrogen (secondary N) is 3. The third-order valence-electron chi connectivity index (χ3n) is 4.56. The van der Waals surface area contributed by atoms with E-state index in [2.05, 4.69) is 15.6 Å².